The summed E-state index contributed by atoms with van der Waals surface area (Å²) in [4.78, 5) is 39.4. The van der Waals surface area contributed by atoms with Crippen LogP contribution in [-0.2, 0) is 20.9 Å². The summed E-state index contributed by atoms with van der Waals surface area (Å²) < 4.78 is 10.9. The van der Waals surface area contributed by atoms with E-state index in [0.29, 0.717) is 23.4 Å². The zero-order valence-corrected chi connectivity index (χ0v) is 22.1. The first kappa shape index (κ1) is 26.2. The lowest BCUT2D eigenvalue weighted by atomic mass is 9.72. The first-order valence-electron chi connectivity index (χ1n) is 12.3. The molecule has 2 N–H and O–H groups in total. The van der Waals surface area contributed by atoms with Crippen LogP contribution in [0.4, 0.5) is 5.69 Å². The number of allylic oxidation sites excluding steroid dienone is 3. The van der Waals surface area contributed by atoms with Gasteiger partial charge in [0.25, 0.3) is 0 Å². The van der Waals surface area contributed by atoms with Gasteiger partial charge >= 0.3 is 11.7 Å². The summed E-state index contributed by atoms with van der Waals surface area (Å²) in [7, 11) is 1.28. The number of nitro benzene ring substituents is 1. The van der Waals surface area contributed by atoms with Gasteiger partial charge in [-0.1, -0.05) is 36.4 Å². The molecule has 0 saturated heterocycles. The summed E-state index contributed by atoms with van der Waals surface area (Å²) in [5.74, 6) is -2.54. The van der Waals surface area contributed by atoms with Crippen LogP contribution in [-0.4, -0.2) is 28.9 Å². The lowest BCUT2D eigenvalue weighted by Crippen LogP contribution is -2.36. The smallest absolute Gasteiger partial charge is 0.337 e. The number of aromatic hydroxyl groups is 1. The van der Waals surface area contributed by atoms with E-state index in [1.807, 2.05) is 47.8 Å². The molecular weight excluding hydrogens is 520 g/mol. The second-order valence-electron chi connectivity index (χ2n) is 9.44. The Labute approximate surface area is 228 Å². The number of phenolic OH excluding ortho intramolecular Hbond substituents is 1. The predicted octanol–water partition coefficient (Wildman–Crippen LogP) is 5.48. The third kappa shape index (κ3) is 5.03. The van der Waals surface area contributed by atoms with Crippen molar-refractivity contribution in [2.45, 2.75) is 38.2 Å². The zero-order valence-electron chi connectivity index (χ0n) is 21.3. The Bertz CT molecular complexity index is 1510. The molecule has 9 nitrogen and oxygen atoms in total. The van der Waals surface area contributed by atoms with Crippen molar-refractivity contribution >= 4 is 28.8 Å². The topological polar surface area (TPSA) is 128 Å². The zero-order chi connectivity index (χ0) is 27.7. The third-order valence-electron chi connectivity index (χ3n) is 7.03. The molecule has 3 aromatic rings. The maximum absolute atomic E-state index is 13.7. The van der Waals surface area contributed by atoms with E-state index in [9.17, 15) is 24.8 Å². The van der Waals surface area contributed by atoms with Gasteiger partial charge in [0.1, 0.15) is 6.61 Å². The number of ether oxygens (including phenoxy) is 2. The summed E-state index contributed by atoms with van der Waals surface area (Å²) in [6, 6.07) is 15.7. The Morgan fingerprint density at radius 2 is 1.95 bits per heavy atom. The van der Waals surface area contributed by atoms with Gasteiger partial charge in [0.05, 0.1) is 17.6 Å². The molecule has 2 heterocycles. The lowest BCUT2D eigenvalue weighted by Gasteiger charge is -2.36. The summed E-state index contributed by atoms with van der Waals surface area (Å²) in [6.45, 7) is 1.74. The summed E-state index contributed by atoms with van der Waals surface area (Å²) in [5, 5.41) is 27.4. The molecule has 2 aliphatic rings. The molecule has 5 rings (SSSR count). The van der Waals surface area contributed by atoms with E-state index in [-0.39, 0.29) is 41.6 Å². The van der Waals surface area contributed by atoms with Crippen molar-refractivity contribution in [3.63, 3.8) is 0 Å². The van der Waals surface area contributed by atoms with E-state index in [0.717, 1.165) is 10.4 Å². The number of rotatable bonds is 7. The fourth-order valence-corrected chi connectivity index (χ4v) is 6.07. The van der Waals surface area contributed by atoms with Gasteiger partial charge in [-0.05, 0) is 42.0 Å². The molecule has 0 fully saturated rings. The molecule has 0 amide bonds. The molecule has 2 atom stereocenters. The molecule has 2 aromatic carbocycles. The number of esters is 1. The highest BCUT2D eigenvalue weighted by Gasteiger charge is 2.42. The Hall–Kier alpha value is -4.44. The average molecular weight is 547 g/mol. The van der Waals surface area contributed by atoms with Crippen LogP contribution in [0, 0.1) is 10.1 Å². The minimum Gasteiger partial charge on any atom is -0.500 e. The number of nitro groups is 1. The molecule has 1 aliphatic carbocycles. The number of thiophene rings is 1. The standard InChI is InChI=1S/C29H26N2O7S/c1-16-25(29(34)38-15-17-7-4-3-5-8-17)26(19-12-21(31(35)36)28(33)23(14-19)37-2)27-20(30-16)11-18(13-22(27)32)24-9-6-10-39-24/h3-10,12,14,18,26,30,33H,11,13,15H2,1-2H3/t18-,26+/m1/s1. The van der Waals surface area contributed by atoms with Crippen molar-refractivity contribution < 1.29 is 29.1 Å². The van der Waals surface area contributed by atoms with Crippen molar-refractivity contribution in [3.8, 4) is 11.5 Å². The highest BCUT2D eigenvalue weighted by atomic mass is 32.1. The summed E-state index contributed by atoms with van der Waals surface area (Å²) in [5.41, 5.74) is 2.18. The summed E-state index contributed by atoms with van der Waals surface area (Å²) >= 11 is 1.58. The number of phenols is 1. The number of methoxy groups -OCH3 is 1. The Balaban J connectivity index is 1.61. The molecule has 39 heavy (non-hydrogen) atoms. The quantitative estimate of drug-likeness (QED) is 0.227. The molecule has 200 valence electrons. The summed E-state index contributed by atoms with van der Waals surface area (Å²) in [6.07, 6.45) is 0.777. The minimum absolute atomic E-state index is 0.0164. The van der Waals surface area contributed by atoms with Crippen molar-refractivity contribution in [2.75, 3.05) is 7.11 Å². The number of benzene rings is 2. The first-order valence-corrected chi connectivity index (χ1v) is 13.2. The first-order chi connectivity index (χ1) is 18.8. The molecule has 10 heteroatoms. The Morgan fingerprint density at radius 1 is 1.18 bits per heavy atom. The van der Waals surface area contributed by atoms with Crippen LogP contribution in [0.3, 0.4) is 0 Å². The van der Waals surface area contributed by atoms with Crippen LogP contribution in [0.5, 0.6) is 11.5 Å². The van der Waals surface area contributed by atoms with Gasteiger partial charge in [-0.2, -0.15) is 0 Å². The van der Waals surface area contributed by atoms with Crippen LogP contribution in [0.2, 0.25) is 0 Å². The van der Waals surface area contributed by atoms with E-state index in [1.165, 1.54) is 19.2 Å². The van der Waals surface area contributed by atoms with Crippen molar-refractivity contribution in [3.05, 3.63) is 109 Å². The van der Waals surface area contributed by atoms with Crippen LogP contribution in [0.1, 0.15) is 47.6 Å². The second kappa shape index (κ2) is 10.7. The SMILES string of the molecule is COc1cc([C@H]2C(C(=O)OCc3ccccc3)=C(C)NC3=C2C(=O)C[C@H](c2cccs2)C3)cc([N+](=O)[O-])c1O. The molecule has 0 bridgehead atoms. The molecule has 0 spiro atoms. The lowest BCUT2D eigenvalue weighted by molar-refractivity contribution is -0.386. The number of nitrogens with one attached hydrogen (secondary N) is 1. The molecule has 0 unspecified atom stereocenters. The highest BCUT2D eigenvalue weighted by Crippen LogP contribution is 2.49. The molecule has 0 saturated carbocycles. The molecule has 0 radical (unpaired) electrons. The van der Waals surface area contributed by atoms with Crippen molar-refractivity contribution in [1.82, 2.24) is 5.32 Å². The van der Waals surface area contributed by atoms with Gasteiger partial charge in [0, 0.05) is 46.2 Å². The third-order valence-corrected chi connectivity index (χ3v) is 8.07. The van der Waals surface area contributed by atoms with E-state index < -0.39 is 28.2 Å². The monoisotopic (exact) mass is 546 g/mol. The molecule has 1 aliphatic heterocycles. The van der Waals surface area contributed by atoms with Crippen molar-refractivity contribution in [1.29, 1.82) is 0 Å². The van der Waals surface area contributed by atoms with E-state index in [1.54, 1.807) is 18.3 Å². The van der Waals surface area contributed by atoms with Gasteiger partial charge in [-0.15, -0.1) is 11.3 Å². The van der Waals surface area contributed by atoms with Crippen molar-refractivity contribution in [2.24, 2.45) is 0 Å². The fourth-order valence-electron chi connectivity index (χ4n) is 5.24. The molecular formula is C29H26N2O7S. The Kier molecular flexibility index (Phi) is 7.21. The largest absolute Gasteiger partial charge is 0.500 e. The van der Waals surface area contributed by atoms with Gasteiger partial charge in [-0.3, -0.25) is 14.9 Å². The number of hydrogen-bond donors (Lipinski definition) is 2. The van der Waals surface area contributed by atoms with Gasteiger partial charge in [0.15, 0.2) is 11.5 Å². The van der Waals surface area contributed by atoms with E-state index in [4.69, 9.17) is 9.47 Å². The second-order valence-corrected chi connectivity index (χ2v) is 10.4. The maximum Gasteiger partial charge on any atom is 0.337 e. The molecule has 1 aromatic heterocycles. The van der Waals surface area contributed by atoms with Gasteiger partial charge in [0.2, 0.25) is 5.75 Å². The van der Waals surface area contributed by atoms with Crippen LogP contribution in [0.15, 0.2) is 82.5 Å². The van der Waals surface area contributed by atoms with Crippen LogP contribution < -0.4 is 10.1 Å². The fraction of sp³-hybridized carbons (Fsp3) is 0.241. The predicted molar refractivity (Wildman–Crippen MR) is 144 cm³/mol. The number of ketones is 1. The number of dihydropyridines is 1. The normalized spacial score (nSPS) is 18.9. The minimum atomic E-state index is -0.950. The maximum atomic E-state index is 13.7. The van der Waals surface area contributed by atoms with E-state index >= 15 is 0 Å². The van der Waals surface area contributed by atoms with Gasteiger partial charge < -0.3 is 19.9 Å². The van der Waals surface area contributed by atoms with Crippen LogP contribution >= 0.6 is 11.3 Å². The van der Waals surface area contributed by atoms with Gasteiger partial charge in [-0.25, -0.2) is 4.79 Å². The number of nitrogens with zero attached hydrogens (tertiary/aromatic N) is 1. The highest BCUT2D eigenvalue weighted by molar-refractivity contribution is 7.10. The number of hydrogen-bond acceptors (Lipinski definition) is 9. The number of carbonyl (C=O) groups excluding carboxylic acids is 2. The average Bonchev–Trinajstić information content (AvgIpc) is 3.47. The van der Waals surface area contributed by atoms with E-state index in [2.05, 4.69) is 5.32 Å². The number of Topliss-reactive ketones (excluding diaryl/α,β-unsaturated/α-hetero) is 1. The number of carbonyl (C=O) groups is 2. The van der Waals surface area contributed by atoms with Crippen LogP contribution in [0.25, 0.3) is 0 Å². The Morgan fingerprint density at radius 3 is 2.62 bits per heavy atom.